The highest BCUT2D eigenvalue weighted by Crippen LogP contribution is 2.26. The predicted octanol–water partition coefficient (Wildman–Crippen LogP) is 5.66. The van der Waals surface area contributed by atoms with Gasteiger partial charge in [0.15, 0.2) is 5.58 Å². The van der Waals surface area contributed by atoms with Crippen molar-refractivity contribution in [3.63, 3.8) is 0 Å². The number of anilines is 1. The molecule has 4 rings (SSSR count). The van der Waals surface area contributed by atoms with E-state index < -0.39 is 0 Å². The summed E-state index contributed by atoms with van der Waals surface area (Å²) in [7, 11) is 0. The largest absolute Gasteiger partial charge is 0.436 e. The second-order valence-electron chi connectivity index (χ2n) is 6.03. The van der Waals surface area contributed by atoms with Crippen LogP contribution in [0.2, 0.25) is 0 Å². The van der Waals surface area contributed by atoms with Crippen LogP contribution in [0.4, 0.5) is 5.69 Å². The molecular weight excluding hydrogens is 439 g/mol. The molecule has 4 nitrogen and oxygen atoms in total. The van der Waals surface area contributed by atoms with Crippen molar-refractivity contribution >= 4 is 45.3 Å². The molecule has 1 heterocycles. The number of hydrogen-bond donors (Lipinski definition) is 1. The molecule has 0 unspecified atom stereocenters. The Morgan fingerprint density at radius 2 is 1.85 bits per heavy atom. The number of halogens is 1. The Kier molecular flexibility index (Phi) is 4.46. The highest BCUT2D eigenvalue weighted by atomic mass is 127. The number of carbonyl (C=O) groups is 1. The molecule has 3 aromatic carbocycles. The molecule has 128 valence electrons. The second kappa shape index (κ2) is 6.92. The van der Waals surface area contributed by atoms with Gasteiger partial charge in [0.2, 0.25) is 5.89 Å². The molecule has 0 saturated carbocycles. The third-order valence-electron chi connectivity index (χ3n) is 4.02. The number of benzene rings is 3. The highest BCUT2D eigenvalue weighted by molar-refractivity contribution is 14.1. The Hall–Kier alpha value is -2.67. The Bertz CT molecular complexity index is 1100. The molecule has 0 fully saturated rings. The molecule has 0 atom stereocenters. The van der Waals surface area contributed by atoms with Crippen molar-refractivity contribution in [2.24, 2.45) is 0 Å². The number of amides is 1. The molecule has 4 aromatic rings. The van der Waals surface area contributed by atoms with Crippen LogP contribution in [0, 0.1) is 10.5 Å². The van der Waals surface area contributed by atoms with Gasteiger partial charge < -0.3 is 9.73 Å². The summed E-state index contributed by atoms with van der Waals surface area (Å²) in [5.74, 6) is 0.440. The molecule has 1 N–H and O–H groups in total. The van der Waals surface area contributed by atoms with Crippen molar-refractivity contribution in [1.29, 1.82) is 0 Å². The summed E-state index contributed by atoms with van der Waals surface area (Å²) in [5, 5.41) is 2.90. The van der Waals surface area contributed by atoms with E-state index in [-0.39, 0.29) is 5.91 Å². The zero-order valence-electron chi connectivity index (χ0n) is 14.0. The van der Waals surface area contributed by atoms with E-state index >= 15 is 0 Å². The standard InChI is InChI=1S/C21H15IN2O2/c1-13-5-10-19-18(11-13)24-21(26-19)14-6-8-17(9-7-14)23-20(25)15-3-2-4-16(22)12-15/h2-12H,1H3,(H,23,25). The summed E-state index contributed by atoms with van der Waals surface area (Å²) < 4.78 is 6.84. The monoisotopic (exact) mass is 454 g/mol. The second-order valence-corrected chi connectivity index (χ2v) is 7.28. The van der Waals surface area contributed by atoms with Crippen LogP contribution >= 0.6 is 22.6 Å². The minimum atomic E-state index is -0.131. The molecule has 0 aliphatic heterocycles. The molecule has 5 heteroatoms. The molecule has 0 aliphatic rings. The first-order valence-corrected chi connectivity index (χ1v) is 9.21. The van der Waals surface area contributed by atoms with Crippen LogP contribution in [0.25, 0.3) is 22.6 Å². The van der Waals surface area contributed by atoms with E-state index in [2.05, 4.69) is 32.9 Å². The molecular formula is C21H15IN2O2. The summed E-state index contributed by atoms with van der Waals surface area (Å²) in [5.41, 5.74) is 4.98. The number of carbonyl (C=O) groups excluding carboxylic acids is 1. The van der Waals surface area contributed by atoms with Gasteiger partial charge >= 0.3 is 0 Å². The van der Waals surface area contributed by atoms with E-state index in [1.807, 2.05) is 67.6 Å². The van der Waals surface area contributed by atoms with E-state index in [9.17, 15) is 4.79 Å². The van der Waals surface area contributed by atoms with Crippen LogP contribution < -0.4 is 5.32 Å². The maximum absolute atomic E-state index is 12.3. The van der Waals surface area contributed by atoms with Crippen molar-refractivity contribution < 1.29 is 9.21 Å². The first kappa shape index (κ1) is 16.8. The summed E-state index contributed by atoms with van der Waals surface area (Å²) in [6.45, 7) is 2.03. The van der Waals surface area contributed by atoms with Crippen molar-refractivity contribution in [3.8, 4) is 11.5 Å². The van der Waals surface area contributed by atoms with Gasteiger partial charge in [-0.2, -0.15) is 0 Å². The Morgan fingerprint density at radius 3 is 2.62 bits per heavy atom. The summed E-state index contributed by atoms with van der Waals surface area (Å²) in [6, 6.07) is 20.9. The van der Waals surface area contributed by atoms with E-state index in [0.717, 1.165) is 31.5 Å². The molecule has 1 aromatic heterocycles. The lowest BCUT2D eigenvalue weighted by atomic mass is 10.2. The maximum atomic E-state index is 12.3. The van der Waals surface area contributed by atoms with E-state index in [4.69, 9.17) is 4.42 Å². The lowest BCUT2D eigenvalue weighted by Crippen LogP contribution is -2.11. The third-order valence-corrected chi connectivity index (χ3v) is 4.69. The average molecular weight is 454 g/mol. The Morgan fingerprint density at radius 1 is 1.04 bits per heavy atom. The van der Waals surface area contributed by atoms with Gasteiger partial charge in [-0.3, -0.25) is 4.79 Å². The molecule has 26 heavy (non-hydrogen) atoms. The number of nitrogens with zero attached hydrogens (tertiary/aromatic N) is 1. The topological polar surface area (TPSA) is 55.1 Å². The normalized spacial score (nSPS) is 10.8. The SMILES string of the molecule is Cc1ccc2oc(-c3ccc(NC(=O)c4cccc(I)c4)cc3)nc2c1. The van der Waals surface area contributed by atoms with Crippen LogP contribution in [0.5, 0.6) is 0 Å². The lowest BCUT2D eigenvalue weighted by molar-refractivity contribution is 0.102. The number of rotatable bonds is 3. The van der Waals surface area contributed by atoms with Gasteiger partial charge in [0.25, 0.3) is 5.91 Å². The Balaban J connectivity index is 1.55. The number of nitrogens with one attached hydrogen (secondary N) is 1. The van der Waals surface area contributed by atoms with E-state index in [1.54, 1.807) is 6.07 Å². The van der Waals surface area contributed by atoms with Crippen LogP contribution in [-0.4, -0.2) is 10.9 Å². The number of fused-ring (bicyclic) bond motifs is 1. The number of oxazole rings is 1. The molecule has 1 amide bonds. The quantitative estimate of drug-likeness (QED) is 0.407. The van der Waals surface area contributed by atoms with E-state index in [0.29, 0.717) is 11.5 Å². The summed E-state index contributed by atoms with van der Waals surface area (Å²) in [4.78, 5) is 16.9. The third kappa shape index (κ3) is 3.48. The Labute approximate surface area is 164 Å². The average Bonchev–Trinajstić information content (AvgIpc) is 3.05. The zero-order valence-corrected chi connectivity index (χ0v) is 16.2. The molecule has 0 spiro atoms. The predicted molar refractivity (Wildman–Crippen MR) is 111 cm³/mol. The number of hydrogen-bond acceptors (Lipinski definition) is 3. The molecule has 0 bridgehead atoms. The minimum absolute atomic E-state index is 0.131. The van der Waals surface area contributed by atoms with Crippen LogP contribution in [-0.2, 0) is 0 Å². The highest BCUT2D eigenvalue weighted by Gasteiger charge is 2.10. The fourth-order valence-electron chi connectivity index (χ4n) is 2.69. The van der Waals surface area contributed by atoms with Gasteiger partial charge in [-0.1, -0.05) is 12.1 Å². The number of aryl methyl sites for hydroxylation is 1. The molecule has 0 aliphatic carbocycles. The van der Waals surface area contributed by atoms with Crippen LogP contribution in [0.3, 0.4) is 0 Å². The maximum Gasteiger partial charge on any atom is 0.255 e. The minimum Gasteiger partial charge on any atom is -0.436 e. The van der Waals surface area contributed by atoms with Gasteiger partial charge in [0, 0.05) is 20.4 Å². The van der Waals surface area contributed by atoms with Crippen molar-refractivity contribution in [2.45, 2.75) is 6.92 Å². The lowest BCUT2D eigenvalue weighted by Gasteiger charge is -2.06. The number of aromatic nitrogens is 1. The van der Waals surface area contributed by atoms with Crippen LogP contribution in [0.15, 0.2) is 71.1 Å². The van der Waals surface area contributed by atoms with Gasteiger partial charge in [0.05, 0.1) is 0 Å². The first-order chi connectivity index (χ1) is 12.6. The fraction of sp³-hybridized carbons (Fsp3) is 0.0476. The fourth-order valence-corrected chi connectivity index (χ4v) is 3.23. The zero-order chi connectivity index (χ0) is 18.1. The van der Waals surface area contributed by atoms with Gasteiger partial charge in [-0.15, -0.1) is 0 Å². The van der Waals surface area contributed by atoms with Gasteiger partial charge in [-0.05, 0) is 89.7 Å². The smallest absolute Gasteiger partial charge is 0.255 e. The van der Waals surface area contributed by atoms with E-state index in [1.165, 1.54) is 0 Å². The van der Waals surface area contributed by atoms with Crippen molar-refractivity contribution in [2.75, 3.05) is 5.32 Å². The summed E-state index contributed by atoms with van der Waals surface area (Å²) in [6.07, 6.45) is 0. The van der Waals surface area contributed by atoms with Gasteiger partial charge in [0.1, 0.15) is 5.52 Å². The summed E-state index contributed by atoms with van der Waals surface area (Å²) >= 11 is 2.19. The van der Waals surface area contributed by atoms with Crippen molar-refractivity contribution in [1.82, 2.24) is 4.98 Å². The van der Waals surface area contributed by atoms with Crippen molar-refractivity contribution in [3.05, 3.63) is 81.4 Å². The van der Waals surface area contributed by atoms with Gasteiger partial charge in [-0.25, -0.2) is 4.98 Å². The van der Waals surface area contributed by atoms with Crippen LogP contribution in [0.1, 0.15) is 15.9 Å². The first-order valence-electron chi connectivity index (χ1n) is 8.13. The molecule has 0 radical (unpaired) electrons. The molecule has 0 saturated heterocycles.